The van der Waals surface area contributed by atoms with Crippen molar-refractivity contribution in [3.8, 4) is 5.75 Å². The minimum atomic E-state index is -0.347. The number of carbonyl (C=O) groups excluding carboxylic acids is 1. The molecule has 1 aromatic rings. The van der Waals surface area contributed by atoms with E-state index in [0.29, 0.717) is 5.75 Å². The molecule has 0 fully saturated rings. The molecule has 0 saturated carbocycles. The Morgan fingerprint density at radius 2 is 2.12 bits per heavy atom. The van der Waals surface area contributed by atoms with Gasteiger partial charge >= 0.3 is 5.97 Å². The van der Waals surface area contributed by atoms with E-state index in [-0.39, 0.29) is 11.9 Å². The van der Waals surface area contributed by atoms with Gasteiger partial charge in [-0.05, 0) is 24.6 Å². The quantitative estimate of drug-likeness (QED) is 0.732. The second kappa shape index (κ2) is 5.35. The molecule has 16 heavy (non-hydrogen) atoms. The molecule has 1 atom stereocenters. The van der Waals surface area contributed by atoms with Crippen molar-refractivity contribution in [3.05, 3.63) is 35.9 Å². The van der Waals surface area contributed by atoms with E-state index in [1.54, 1.807) is 20.1 Å². The van der Waals surface area contributed by atoms with Gasteiger partial charge in [0.25, 0.3) is 0 Å². The molecule has 0 aliphatic carbocycles. The number of hydrogen-bond acceptors (Lipinski definition) is 3. The van der Waals surface area contributed by atoms with Crippen LogP contribution in [0.25, 0.3) is 6.08 Å². The Labute approximate surface area is 95.7 Å². The molecule has 0 amide bonds. The zero-order valence-electron chi connectivity index (χ0n) is 9.82. The Morgan fingerprint density at radius 3 is 2.62 bits per heavy atom. The number of hydrogen-bond donors (Lipinski definition) is 0. The summed E-state index contributed by atoms with van der Waals surface area (Å²) in [7, 11) is 2.96. The first-order valence-corrected chi connectivity index (χ1v) is 5.02. The maximum Gasteiger partial charge on any atom is 0.312 e. The largest absolute Gasteiger partial charge is 0.496 e. The van der Waals surface area contributed by atoms with Crippen LogP contribution < -0.4 is 4.74 Å². The lowest BCUT2D eigenvalue weighted by Gasteiger charge is -2.14. The van der Waals surface area contributed by atoms with E-state index in [9.17, 15) is 4.79 Å². The molecule has 0 heterocycles. The molecule has 1 rings (SSSR count). The molecule has 1 unspecified atom stereocenters. The van der Waals surface area contributed by atoms with Gasteiger partial charge in [-0.1, -0.05) is 18.7 Å². The number of methoxy groups -OCH3 is 2. The van der Waals surface area contributed by atoms with Crippen molar-refractivity contribution in [1.29, 1.82) is 0 Å². The van der Waals surface area contributed by atoms with Crippen LogP contribution in [-0.4, -0.2) is 20.2 Å². The molecular formula is C13H16O3. The van der Waals surface area contributed by atoms with E-state index >= 15 is 0 Å². The molecule has 0 aliphatic rings. The van der Waals surface area contributed by atoms with Crippen molar-refractivity contribution < 1.29 is 14.3 Å². The van der Waals surface area contributed by atoms with Crippen molar-refractivity contribution in [2.24, 2.45) is 0 Å². The molecule has 0 radical (unpaired) electrons. The first kappa shape index (κ1) is 12.3. The monoisotopic (exact) mass is 220 g/mol. The van der Waals surface area contributed by atoms with Crippen molar-refractivity contribution in [2.45, 2.75) is 12.8 Å². The topological polar surface area (TPSA) is 35.5 Å². The highest BCUT2D eigenvalue weighted by molar-refractivity contribution is 5.79. The lowest BCUT2D eigenvalue weighted by Crippen LogP contribution is -2.12. The summed E-state index contributed by atoms with van der Waals surface area (Å²) in [5, 5.41) is 0. The standard InChI is InChI=1S/C13H16O3/c1-5-10-6-7-12(15-3)11(8-10)9(2)13(14)16-4/h5-9H,1H2,2-4H3. The number of ether oxygens (including phenoxy) is 2. The zero-order chi connectivity index (χ0) is 12.1. The predicted molar refractivity (Wildman–Crippen MR) is 63.5 cm³/mol. The Hall–Kier alpha value is -1.77. The van der Waals surface area contributed by atoms with Gasteiger partial charge in [-0.15, -0.1) is 0 Å². The Kier molecular flexibility index (Phi) is 4.11. The molecular weight excluding hydrogens is 204 g/mol. The van der Waals surface area contributed by atoms with Gasteiger partial charge in [0, 0.05) is 5.56 Å². The Balaban J connectivity index is 3.17. The molecule has 1 aromatic carbocycles. The highest BCUT2D eigenvalue weighted by Gasteiger charge is 2.19. The van der Waals surface area contributed by atoms with E-state index < -0.39 is 0 Å². The maximum atomic E-state index is 11.5. The summed E-state index contributed by atoms with van der Waals surface area (Å²) in [4.78, 5) is 11.5. The molecule has 0 N–H and O–H groups in total. The van der Waals surface area contributed by atoms with Crippen molar-refractivity contribution >= 4 is 12.0 Å². The second-order valence-corrected chi connectivity index (χ2v) is 3.45. The predicted octanol–water partition coefficient (Wildman–Crippen LogP) is 2.61. The van der Waals surface area contributed by atoms with Gasteiger partial charge < -0.3 is 9.47 Å². The summed E-state index contributed by atoms with van der Waals surface area (Å²) in [5.41, 5.74) is 1.76. The summed E-state index contributed by atoms with van der Waals surface area (Å²) in [6.07, 6.45) is 1.73. The first-order valence-electron chi connectivity index (χ1n) is 5.02. The molecule has 0 aliphatic heterocycles. The number of carbonyl (C=O) groups is 1. The summed E-state index contributed by atoms with van der Waals surface area (Å²) in [5.74, 6) is 0.0582. The van der Waals surface area contributed by atoms with Gasteiger partial charge in [-0.2, -0.15) is 0 Å². The highest BCUT2D eigenvalue weighted by atomic mass is 16.5. The van der Waals surface area contributed by atoms with Crippen molar-refractivity contribution in [3.63, 3.8) is 0 Å². The molecule has 86 valence electrons. The molecule has 3 heteroatoms. The van der Waals surface area contributed by atoms with Crippen LogP contribution in [0.15, 0.2) is 24.8 Å². The number of esters is 1. The van der Waals surface area contributed by atoms with Crippen LogP contribution in [0.5, 0.6) is 5.75 Å². The van der Waals surface area contributed by atoms with Crippen LogP contribution in [0.1, 0.15) is 24.0 Å². The SMILES string of the molecule is C=Cc1ccc(OC)c(C(C)C(=O)OC)c1. The van der Waals surface area contributed by atoms with Crippen molar-refractivity contribution in [2.75, 3.05) is 14.2 Å². The fraction of sp³-hybridized carbons (Fsp3) is 0.308. The summed E-state index contributed by atoms with van der Waals surface area (Å²) in [6, 6.07) is 5.60. The lowest BCUT2D eigenvalue weighted by atomic mass is 9.98. The third-order valence-electron chi connectivity index (χ3n) is 2.51. The third-order valence-corrected chi connectivity index (χ3v) is 2.51. The van der Waals surface area contributed by atoms with Gasteiger partial charge in [-0.3, -0.25) is 4.79 Å². The van der Waals surface area contributed by atoms with Crippen LogP contribution in [0.2, 0.25) is 0 Å². The second-order valence-electron chi connectivity index (χ2n) is 3.45. The van der Waals surface area contributed by atoms with E-state index in [1.807, 2.05) is 18.2 Å². The molecule has 0 aromatic heterocycles. The molecule has 0 bridgehead atoms. The smallest absolute Gasteiger partial charge is 0.312 e. The normalized spacial score (nSPS) is 11.7. The zero-order valence-corrected chi connectivity index (χ0v) is 9.82. The van der Waals surface area contributed by atoms with Crippen LogP contribution in [0.3, 0.4) is 0 Å². The van der Waals surface area contributed by atoms with E-state index in [2.05, 4.69) is 6.58 Å². The highest BCUT2D eigenvalue weighted by Crippen LogP contribution is 2.28. The minimum absolute atomic E-state index is 0.278. The lowest BCUT2D eigenvalue weighted by molar-refractivity contribution is -0.142. The summed E-state index contributed by atoms with van der Waals surface area (Å²) < 4.78 is 9.94. The average molecular weight is 220 g/mol. The van der Waals surface area contributed by atoms with Gasteiger partial charge in [-0.25, -0.2) is 0 Å². The van der Waals surface area contributed by atoms with Gasteiger partial charge in [0.05, 0.1) is 20.1 Å². The van der Waals surface area contributed by atoms with Crippen LogP contribution in [-0.2, 0) is 9.53 Å². The average Bonchev–Trinajstić information content (AvgIpc) is 2.35. The Bertz CT molecular complexity index is 396. The fourth-order valence-electron chi connectivity index (χ4n) is 1.52. The molecule has 3 nitrogen and oxygen atoms in total. The molecule has 0 spiro atoms. The number of benzene rings is 1. The van der Waals surface area contributed by atoms with Crippen LogP contribution >= 0.6 is 0 Å². The summed E-state index contributed by atoms with van der Waals surface area (Å²) >= 11 is 0. The van der Waals surface area contributed by atoms with Crippen LogP contribution in [0, 0.1) is 0 Å². The van der Waals surface area contributed by atoms with E-state index in [4.69, 9.17) is 9.47 Å². The number of rotatable bonds is 4. The van der Waals surface area contributed by atoms with E-state index in [1.165, 1.54) is 7.11 Å². The van der Waals surface area contributed by atoms with E-state index in [0.717, 1.165) is 11.1 Å². The fourth-order valence-corrected chi connectivity index (χ4v) is 1.52. The van der Waals surface area contributed by atoms with Gasteiger partial charge in [0.2, 0.25) is 0 Å². The van der Waals surface area contributed by atoms with Crippen LogP contribution in [0.4, 0.5) is 0 Å². The van der Waals surface area contributed by atoms with Gasteiger partial charge in [0.15, 0.2) is 0 Å². The van der Waals surface area contributed by atoms with Gasteiger partial charge in [0.1, 0.15) is 5.75 Å². The third kappa shape index (κ3) is 2.42. The minimum Gasteiger partial charge on any atom is -0.496 e. The Morgan fingerprint density at radius 1 is 1.44 bits per heavy atom. The van der Waals surface area contributed by atoms with Crippen molar-refractivity contribution in [1.82, 2.24) is 0 Å². The maximum absolute atomic E-state index is 11.5. The first-order chi connectivity index (χ1) is 7.63. The summed E-state index contributed by atoms with van der Waals surface area (Å²) in [6.45, 7) is 5.48. The molecule has 0 saturated heterocycles.